The molecule has 78 valence electrons. The Balaban J connectivity index is 2.78. The molecule has 1 aromatic heterocycles. The van der Waals surface area contributed by atoms with Crippen LogP contribution in [-0.4, -0.2) is 12.6 Å². The first-order chi connectivity index (χ1) is 6.56. The highest BCUT2D eigenvalue weighted by Crippen LogP contribution is 2.37. The van der Waals surface area contributed by atoms with Crippen molar-refractivity contribution in [2.24, 2.45) is 0 Å². The van der Waals surface area contributed by atoms with Crippen LogP contribution < -0.4 is 0 Å². The molecule has 0 aromatic carbocycles. The Kier molecular flexibility index (Phi) is 4.70. The number of hydrogen-bond donors (Lipinski definition) is 0. The zero-order chi connectivity index (χ0) is 10.7. The summed E-state index contributed by atoms with van der Waals surface area (Å²) in [4.78, 5) is 11.9. The summed E-state index contributed by atoms with van der Waals surface area (Å²) in [5.41, 5.74) is 0. The van der Waals surface area contributed by atoms with Crippen molar-refractivity contribution in [3.63, 3.8) is 0 Å². The van der Waals surface area contributed by atoms with E-state index in [-0.39, 0.29) is 0 Å². The fraction of sp³-hybridized carbons (Fsp3) is 0.375. The van der Waals surface area contributed by atoms with Crippen molar-refractivity contribution in [3.05, 3.63) is 19.8 Å². The van der Waals surface area contributed by atoms with Gasteiger partial charge in [0, 0.05) is 9.35 Å². The quantitative estimate of drug-likeness (QED) is 0.622. The predicted octanol–water partition coefficient (Wildman–Crippen LogP) is 4.01. The molecule has 0 fully saturated rings. The van der Waals surface area contributed by atoms with E-state index in [2.05, 4.69) is 15.9 Å². The Bertz CT molecular complexity index is 321. The molecule has 0 spiro atoms. The standard InChI is InChI=1S/C8H7BrCl2O2S/c1-2-13-8(12)6(10)5-3-4(9)7(11)14-5/h3,6H,2H2,1H3. The lowest BCUT2D eigenvalue weighted by molar-refractivity contribution is -0.142. The van der Waals surface area contributed by atoms with Crippen LogP contribution in [-0.2, 0) is 9.53 Å². The van der Waals surface area contributed by atoms with Gasteiger partial charge in [-0.15, -0.1) is 22.9 Å². The fourth-order valence-electron chi connectivity index (χ4n) is 0.820. The van der Waals surface area contributed by atoms with Crippen molar-refractivity contribution in [1.82, 2.24) is 0 Å². The number of alkyl halides is 1. The number of rotatable bonds is 3. The smallest absolute Gasteiger partial charge is 0.329 e. The Morgan fingerprint density at radius 1 is 1.79 bits per heavy atom. The van der Waals surface area contributed by atoms with Gasteiger partial charge in [-0.3, -0.25) is 4.79 Å². The number of hydrogen-bond acceptors (Lipinski definition) is 3. The van der Waals surface area contributed by atoms with Crippen molar-refractivity contribution in [2.45, 2.75) is 12.3 Å². The summed E-state index contributed by atoms with van der Waals surface area (Å²) >= 11 is 16.2. The first-order valence-corrected chi connectivity index (χ1v) is 6.24. The molecule has 6 heteroatoms. The minimum atomic E-state index is -0.774. The molecule has 1 aromatic rings. The van der Waals surface area contributed by atoms with Crippen molar-refractivity contribution in [1.29, 1.82) is 0 Å². The van der Waals surface area contributed by atoms with Crippen LogP contribution in [0, 0.1) is 0 Å². The van der Waals surface area contributed by atoms with Crippen molar-refractivity contribution >= 4 is 56.4 Å². The van der Waals surface area contributed by atoms with E-state index in [0.717, 1.165) is 4.47 Å². The number of carbonyl (C=O) groups is 1. The number of ether oxygens (including phenoxy) is 1. The van der Waals surface area contributed by atoms with Gasteiger partial charge in [0.25, 0.3) is 0 Å². The van der Waals surface area contributed by atoms with E-state index >= 15 is 0 Å². The maximum Gasteiger partial charge on any atom is 0.329 e. The minimum Gasteiger partial charge on any atom is -0.465 e. The van der Waals surface area contributed by atoms with Gasteiger partial charge in [-0.05, 0) is 28.9 Å². The second kappa shape index (κ2) is 5.35. The predicted molar refractivity (Wildman–Crippen MR) is 62.3 cm³/mol. The Hall–Kier alpha value is 0.230. The molecule has 0 aliphatic rings. The van der Waals surface area contributed by atoms with E-state index in [1.54, 1.807) is 13.0 Å². The average Bonchev–Trinajstić information content (AvgIpc) is 2.46. The van der Waals surface area contributed by atoms with Crippen LogP contribution >= 0.6 is 50.5 Å². The van der Waals surface area contributed by atoms with Crippen LogP contribution in [0.25, 0.3) is 0 Å². The van der Waals surface area contributed by atoms with Crippen LogP contribution in [0.3, 0.4) is 0 Å². The maximum atomic E-state index is 11.3. The minimum absolute atomic E-state index is 0.322. The highest BCUT2D eigenvalue weighted by atomic mass is 79.9. The summed E-state index contributed by atoms with van der Waals surface area (Å²) in [6.07, 6.45) is 0. The average molecular weight is 318 g/mol. The second-order valence-corrected chi connectivity index (χ2v) is 5.36. The van der Waals surface area contributed by atoms with E-state index < -0.39 is 11.3 Å². The third-order valence-electron chi connectivity index (χ3n) is 1.41. The number of halogens is 3. The lowest BCUT2D eigenvalue weighted by Gasteiger charge is -2.05. The molecule has 2 nitrogen and oxygen atoms in total. The van der Waals surface area contributed by atoms with Crippen molar-refractivity contribution < 1.29 is 9.53 Å². The summed E-state index contributed by atoms with van der Waals surface area (Å²) < 4.78 is 6.11. The largest absolute Gasteiger partial charge is 0.465 e. The summed E-state index contributed by atoms with van der Waals surface area (Å²) in [5, 5.41) is -0.774. The first kappa shape index (κ1) is 12.3. The van der Waals surface area contributed by atoms with Gasteiger partial charge < -0.3 is 4.74 Å². The molecule has 0 amide bonds. The van der Waals surface area contributed by atoms with Gasteiger partial charge in [0.05, 0.1) is 6.61 Å². The molecule has 0 saturated carbocycles. The first-order valence-electron chi connectivity index (χ1n) is 3.81. The highest BCUT2D eigenvalue weighted by molar-refractivity contribution is 9.10. The molecule has 0 radical (unpaired) electrons. The van der Waals surface area contributed by atoms with E-state index in [1.807, 2.05) is 0 Å². The lowest BCUT2D eigenvalue weighted by Crippen LogP contribution is -2.09. The Labute approximate surface area is 104 Å². The molecule has 0 saturated heterocycles. The molecule has 0 aliphatic carbocycles. The summed E-state index contributed by atoms with van der Waals surface area (Å²) in [7, 11) is 0. The molecule has 1 unspecified atom stereocenters. The molecule has 1 heterocycles. The number of esters is 1. The van der Waals surface area contributed by atoms with Gasteiger partial charge in [0.2, 0.25) is 0 Å². The van der Waals surface area contributed by atoms with E-state index in [0.29, 0.717) is 15.8 Å². The van der Waals surface area contributed by atoms with Crippen molar-refractivity contribution in [3.8, 4) is 0 Å². The van der Waals surface area contributed by atoms with Crippen LogP contribution in [0.1, 0.15) is 17.2 Å². The zero-order valence-electron chi connectivity index (χ0n) is 7.22. The SMILES string of the molecule is CCOC(=O)C(Cl)c1cc(Br)c(Cl)s1. The van der Waals surface area contributed by atoms with E-state index in [1.165, 1.54) is 11.3 Å². The van der Waals surface area contributed by atoms with Gasteiger partial charge in [-0.1, -0.05) is 11.6 Å². The van der Waals surface area contributed by atoms with Gasteiger partial charge >= 0.3 is 5.97 Å². The molecule has 0 N–H and O–H groups in total. The highest BCUT2D eigenvalue weighted by Gasteiger charge is 2.21. The third-order valence-corrected chi connectivity index (χ3v) is 4.49. The summed E-state index contributed by atoms with van der Waals surface area (Å²) in [5.74, 6) is -0.445. The van der Waals surface area contributed by atoms with Gasteiger partial charge in [-0.25, -0.2) is 0 Å². The maximum absolute atomic E-state index is 11.3. The third kappa shape index (κ3) is 2.86. The molecule has 0 aliphatic heterocycles. The van der Waals surface area contributed by atoms with Crippen LogP contribution in [0.15, 0.2) is 10.5 Å². The molecular formula is C8H7BrCl2O2S. The lowest BCUT2D eigenvalue weighted by atomic mass is 10.3. The van der Waals surface area contributed by atoms with Gasteiger partial charge in [0.15, 0.2) is 5.38 Å². The van der Waals surface area contributed by atoms with E-state index in [4.69, 9.17) is 27.9 Å². The Morgan fingerprint density at radius 2 is 2.43 bits per heavy atom. The van der Waals surface area contributed by atoms with Gasteiger partial charge in [-0.2, -0.15) is 0 Å². The molecule has 1 atom stereocenters. The summed E-state index contributed by atoms with van der Waals surface area (Å²) in [6, 6.07) is 1.72. The zero-order valence-corrected chi connectivity index (χ0v) is 11.1. The molecular weight excluding hydrogens is 311 g/mol. The van der Waals surface area contributed by atoms with Crippen LogP contribution in [0.4, 0.5) is 0 Å². The van der Waals surface area contributed by atoms with Gasteiger partial charge in [0.1, 0.15) is 4.34 Å². The normalized spacial score (nSPS) is 12.6. The van der Waals surface area contributed by atoms with Crippen LogP contribution in [0.5, 0.6) is 0 Å². The fourth-order valence-corrected chi connectivity index (χ4v) is 2.78. The van der Waals surface area contributed by atoms with Crippen LogP contribution in [0.2, 0.25) is 4.34 Å². The Morgan fingerprint density at radius 3 is 2.86 bits per heavy atom. The summed E-state index contributed by atoms with van der Waals surface area (Å²) in [6.45, 7) is 2.06. The topological polar surface area (TPSA) is 26.3 Å². The molecule has 1 rings (SSSR count). The number of thiophene rings is 1. The van der Waals surface area contributed by atoms with Crippen molar-refractivity contribution in [2.75, 3.05) is 6.61 Å². The molecule has 14 heavy (non-hydrogen) atoms. The van der Waals surface area contributed by atoms with E-state index in [9.17, 15) is 4.79 Å². The monoisotopic (exact) mass is 316 g/mol. The number of carbonyl (C=O) groups excluding carboxylic acids is 1. The second-order valence-electron chi connectivity index (χ2n) is 2.39. The molecule has 0 bridgehead atoms.